The number of nitrogens with two attached hydrogens (primary N) is 1. The minimum Gasteiger partial charge on any atom is -0.357 e. The Morgan fingerprint density at radius 2 is 2.07 bits per heavy atom. The van der Waals surface area contributed by atoms with E-state index >= 15 is 0 Å². The summed E-state index contributed by atoms with van der Waals surface area (Å²) in [6, 6.07) is 10.1. The lowest BCUT2D eigenvalue weighted by Crippen LogP contribution is -2.38. The van der Waals surface area contributed by atoms with Gasteiger partial charge in [0.1, 0.15) is 6.23 Å². The summed E-state index contributed by atoms with van der Waals surface area (Å²) in [5, 5.41) is 0. The second-order valence-electron chi connectivity index (χ2n) is 3.42. The molecule has 1 saturated heterocycles. The maximum atomic E-state index is 5.64. The summed E-state index contributed by atoms with van der Waals surface area (Å²) in [6.07, 6.45) is 0.813. The first-order chi connectivity index (χ1) is 6.84. The van der Waals surface area contributed by atoms with E-state index in [-0.39, 0.29) is 12.4 Å². The molecule has 0 spiro atoms. The lowest BCUT2D eigenvalue weighted by Gasteiger charge is -2.10. The van der Waals surface area contributed by atoms with Crippen LogP contribution in [-0.4, -0.2) is 12.4 Å². The van der Waals surface area contributed by atoms with Gasteiger partial charge in [0, 0.05) is 6.42 Å². The molecule has 14 heavy (non-hydrogen) atoms. The number of hydrazine groups is 1. The van der Waals surface area contributed by atoms with Crippen LogP contribution < -0.4 is 16.6 Å². The molecule has 1 aliphatic rings. The molecule has 4 nitrogen and oxygen atoms in total. The van der Waals surface area contributed by atoms with Crippen molar-refractivity contribution >= 4 is 0 Å². The van der Waals surface area contributed by atoms with Crippen LogP contribution in [-0.2, 0) is 11.3 Å². The van der Waals surface area contributed by atoms with Crippen LogP contribution in [0.15, 0.2) is 30.3 Å². The van der Waals surface area contributed by atoms with Gasteiger partial charge in [-0.25, -0.2) is 10.9 Å². The third-order valence-electron chi connectivity index (χ3n) is 2.19. The lowest BCUT2D eigenvalue weighted by atomic mass is 10.2. The Hall–Kier alpha value is -0.940. The Kier molecular flexibility index (Phi) is 3.10. The summed E-state index contributed by atoms with van der Waals surface area (Å²) in [5.74, 6) is 0. The van der Waals surface area contributed by atoms with Crippen LogP contribution in [0.4, 0.5) is 0 Å². The first-order valence-electron chi connectivity index (χ1n) is 4.77. The Bertz CT molecular complexity index is 278. The summed E-state index contributed by atoms with van der Waals surface area (Å²) >= 11 is 0. The minimum atomic E-state index is -0.00391. The van der Waals surface area contributed by atoms with Gasteiger partial charge in [0.2, 0.25) is 0 Å². The molecule has 0 aromatic heterocycles. The fraction of sp³-hybridized carbons (Fsp3) is 0.400. The zero-order valence-corrected chi connectivity index (χ0v) is 7.94. The molecule has 2 atom stereocenters. The van der Waals surface area contributed by atoms with Crippen LogP contribution in [0.25, 0.3) is 0 Å². The smallest absolute Gasteiger partial charge is 0.123 e. The van der Waals surface area contributed by atoms with Gasteiger partial charge < -0.3 is 10.5 Å². The molecule has 0 saturated carbocycles. The molecule has 76 valence electrons. The molecular formula is C10H15N3O. The zero-order valence-electron chi connectivity index (χ0n) is 7.94. The fourth-order valence-corrected chi connectivity index (χ4v) is 1.43. The van der Waals surface area contributed by atoms with Crippen LogP contribution in [0.2, 0.25) is 0 Å². The average Bonchev–Trinajstić information content (AvgIpc) is 2.63. The Balaban J connectivity index is 1.78. The van der Waals surface area contributed by atoms with E-state index in [9.17, 15) is 0 Å². The first kappa shape index (κ1) is 9.61. The predicted molar refractivity (Wildman–Crippen MR) is 53.9 cm³/mol. The van der Waals surface area contributed by atoms with Gasteiger partial charge in [-0.3, -0.25) is 0 Å². The summed E-state index contributed by atoms with van der Waals surface area (Å²) in [7, 11) is 0. The second kappa shape index (κ2) is 4.52. The van der Waals surface area contributed by atoms with E-state index in [0.29, 0.717) is 6.61 Å². The third kappa shape index (κ3) is 2.52. The van der Waals surface area contributed by atoms with Crippen molar-refractivity contribution in [2.45, 2.75) is 25.4 Å². The van der Waals surface area contributed by atoms with Gasteiger partial charge in [0.05, 0.1) is 12.8 Å². The van der Waals surface area contributed by atoms with Crippen molar-refractivity contribution in [1.82, 2.24) is 10.9 Å². The molecule has 2 unspecified atom stereocenters. The summed E-state index contributed by atoms with van der Waals surface area (Å²) in [5.41, 5.74) is 12.7. The van der Waals surface area contributed by atoms with E-state index in [1.165, 1.54) is 5.56 Å². The summed E-state index contributed by atoms with van der Waals surface area (Å²) < 4.78 is 5.61. The van der Waals surface area contributed by atoms with E-state index < -0.39 is 0 Å². The molecular weight excluding hydrogens is 178 g/mol. The average molecular weight is 193 g/mol. The van der Waals surface area contributed by atoms with E-state index in [1.54, 1.807) is 0 Å². The number of ether oxygens (including phenoxy) is 1. The second-order valence-corrected chi connectivity index (χ2v) is 3.42. The molecule has 1 aliphatic heterocycles. The minimum absolute atomic E-state index is 0.00391. The highest BCUT2D eigenvalue weighted by Gasteiger charge is 2.20. The molecule has 1 fully saturated rings. The van der Waals surface area contributed by atoms with Crippen molar-refractivity contribution in [3.05, 3.63) is 35.9 Å². The van der Waals surface area contributed by atoms with Gasteiger partial charge >= 0.3 is 0 Å². The highest BCUT2D eigenvalue weighted by molar-refractivity contribution is 5.13. The SMILES string of the molecule is NC1CC(OCc2ccccc2)NN1. The highest BCUT2D eigenvalue weighted by Crippen LogP contribution is 2.07. The van der Waals surface area contributed by atoms with Crippen molar-refractivity contribution in [2.75, 3.05) is 0 Å². The summed E-state index contributed by atoms with van der Waals surface area (Å²) in [6.45, 7) is 0.618. The molecule has 2 rings (SSSR count). The topological polar surface area (TPSA) is 59.3 Å². The van der Waals surface area contributed by atoms with Gasteiger partial charge in [-0.15, -0.1) is 0 Å². The van der Waals surface area contributed by atoms with Crippen LogP contribution in [0.1, 0.15) is 12.0 Å². The molecule has 0 aliphatic carbocycles. The van der Waals surface area contributed by atoms with E-state index in [0.717, 1.165) is 6.42 Å². The lowest BCUT2D eigenvalue weighted by molar-refractivity contribution is 0.0269. The number of hydrogen-bond donors (Lipinski definition) is 3. The molecule has 1 heterocycles. The first-order valence-corrected chi connectivity index (χ1v) is 4.77. The molecule has 0 amide bonds. The van der Waals surface area contributed by atoms with Crippen LogP contribution >= 0.6 is 0 Å². The third-order valence-corrected chi connectivity index (χ3v) is 2.19. The Morgan fingerprint density at radius 3 is 2.71 bits per heavy atom. The van der Waals surface area contributed by atoms with E-state index in [4.69, 9.17) is 10.5 Å². The predicted octanol–water partition coefficient (Wildman–Crippen LogP) is 0.312. The van der Waals surface area contributed by atoms with Gasteiger partial charge in [-0.05, 0) is 5.56 Å². The molecule has 1 aromatic carbocycles. The van der Waals surface area contributed by atoms with Crippen molar-refractivity contribution < 1.29 is 4.74 Å². The normalized spacial score (nSPS) is 26.6. The fourth-order valence-electron chi connectivity index (χ4n) is 1.43. The number of hydrogen-bond acceptors (Lipinski definition) is 4. The number of nitrogens with one attached hydrogen (secondary N) is 2. The van der Waals surface area contributed by atoms with Crippen molar-refractivity contribution in [3.8, 4) is 0 Å². The number of benzene rings is 1. The Morgan fingerprint density at radius 1 is 1.29 bits per heavy atom. The standard InChI is InChI=1S/C10H15N3O/c11-9-6-10(13-12-9)14-7-8-4-2-1-3-5-8/h1-5,9-10,12-13H,6-7,11H2. The van der Waals surface area contributed by atoms with E-state index in [1.807, 2.05) is 30.3 Å². The maximum Gasteiger partial charge on any atom is 0.123 e. The molecule has 1 aromatic rings. The van der Waals surface area contributed by atoms with Gasteiger partial charge in [0.15, 0.2) is 0 Å². The highest BCUT2D eigenvalue weighted by atomic mass is 16.5. The van der Waals surface area contributed by atoms with Crippen molar-refractivity contribution in [3.63, 3.8) is 0 Å². The van der Waals surface area contributed by atoms with Gasteiger partial charge in [-0.1, -0.05) is 30.3 Å². The summed E-state index contributed by atoms with van der Waals surface area (Å²) in [4.78, 5) is 0. The number of rotatable bonds is 3. The van der Waals surface area contributed by atoms with E-state index in [2.05, 4.69) is 10.9 Å². The molecule has 4 heteroatoms. The quantitative estimate of drug-likeness (QED) is 0.646. The largest absolute Gasteiger partial charge is 0.357 e. The Labute approximate surface area is 83.4 Å². The molecule has 0 radical (unpaired) electrons. The zero-order chi connectivity index (χ0) is 9.80. The van der Waals surface area contributed by atoms with Crippen molar-refractivity contribution in [1.29, 1.82) is 0 Å². The van der Waals surface area contributed by atoms with Gasteiger partial charge in [-0.2, -0.15) is 0 Å². The van der Waals surface area contributed by atoms with Crippen molar-refractivity contribution in [2.24, 2.45) is 5.73 Å². The van der Waals surface area contributed by atoms with Crippen LogP contribution in [0, 0.1) is 0 Å². The molecule has 0 bridgehead atoms. The van der Waals surface area contributed by atoms with Crippen LogP contribution in [0.5, 0.6) is 0 Å². The van der Waals surface area contributed by atoms with Gasteiger partial charge in [0.25, 0.3) is 0 Å². The maximum absolute atomic E-state index is 5.64. The molecule has 4 N–H and O–H groups in total. The van der Waals surface area contributed by atoms with Crippen LogP contribution in [0.3, 0.4) is 0 Å². The monoisotopic (exact) mass is 193 g/mol.